The summed E-state index contributed by atoms with van der Waals surface area (Å²) in [5.74, 6) is -0.734. The molecule has 2 aromatic carbocycles. The predicted molar refractivity (Wildman–Crippen MR) is 80.8 cm³/mol. The molecule has 4 nitrogen and oxygen atoms in total. The fourth-order valence-corrected chi connectivity index (χ4v) is 3.19. The molecule has 0 saturated heterocycles. The first-order valence-corrected chi connectivity index (χ1v) is 8.06. The van der Waals surface area contributed by atoms with E-state index in [2.05, 4.69) is 4.72 Å². The summed E-state index contributed by atoms with van der Waals surface area (Å²) in [5.41, 5.74) is 6.26. The van der Waals surface area contributed by atoms with E-state index in [1.807, 2.05) is 30.3 Å². The number of aryl methyl sites for hydroxylation is 1. The molecule has 0 bridgehead atoms. The largest absolute Gasteiger partial charge is 0.395 e. The van der Waals surface area contributed by atoms with Crippen LogP contribution in [0.5, 0.6) is 0 Å². The molecule has 3 N–H and O–H groups in total. The summed E-state index contributed by atoms with van der Waals surface area (Å²) in [6.45, 7) is 0.271. The van der Waals surface area contributed by atoms with E-state index >= 15 is 0 Å². The summed E-state index contributed by atoms with van der Waals surface area (Å²) in [4.78, 5) is -0.220. The van der Waals surface area contributed by atoms with Gasteiger partial charge >= 0.3 is 0 Å². The number of nitrogen functional groups attached to an aromatic ring is 1. The van der Waals surface area contributed by atoms with Crippen LogP contribution in [0.2, 0.25) is 0 Å². The van der Waals surface area contributed by atoms with E-state index in [4.69, 9.17) is 5.73 Å². The van der Waals surface area contributed by atoms with Crippen molar-refractivity contribution >= 4 is 15.7 Å². The van der Waals surface area contributed by atoms with Crippen LogP contribution in [-0.2, 0) is 16.4 Å². The molecule has 0 heterocycles. The standard InChI is InChI=1S/C15H17FN2O2S/c16-13-9-4-10-14(15(13)17)21(19,20)18-11-5-8-12-6-2-1-3-7-12/h1-4,6-7,9-10,18H,5,8,11,17H2. The summed E-state index contributed by atoms with van der Waals surface area (Å²) < 4.78 is 39.9. The summed E-state index contributed by atoms with van der Waals surface area (Å²) in [5, 5.41) is 0. The van der Waals surface area contributed by atoms with Gasteiger partial charge < -0.3 is 5.73 Å². The van der Waals surface area contributed by atoms with Crippen LogP contribution in [0.3, 0.4) is 0 Å². The molecule has 0 aliphatic heterocycles. The van der Waals surface area contributed by atoms with Gasteiger partial charge in [0, 0.05) is 6.54 Å². The van der Waals surface area contributed by atoms with Gasteiger partial charge in [-0.1, -0.05) is 36.4 Å². The highest BCUT2D eigenvalue weighted by molar-refractivity contribution is 7.89. The molecule has 2 aromatic rings. The van der Waals surface area contributed by atoms with Gasteiger partial charge in [-0.15, -0.1) is 0 Å². The first kappa shape index (κ1) is 15.5. The van der Waals surface area contributed by atoms with Crippen molar-refractivity contribution in [3.8, 4) is 0 Å². The van der Waals surface area contributed by atoms with Crippen molar-refractivity contribution in [2.45, 2.75) is 17.7 Å². The minimum absolute atomic E-state index is 0.220. The van der Waals surface area contributed by atoms with Crippen LogP contribution in [0, 0.1) is 5.82 Å². The molecule has 0 atom stereocenters. The molecular formula is C15H17FN2O2S. The summed E-state index contributed by atoms with van der Waals surface area (Å²) >= 11 is 0. The number of sulfonamides is 1. The number of benzene rings is 2. The van der Waals surface area contributed by atoms with Crippen molar-refractivity contribution in [3.63, 3.8) is 0 Å². The van der Waals surface area contributed by atoms with E-state index in [1.54, 1.807) is 0 Å². The average Bonchev–Trinajstić information content (AvgIpc) is 2.47. The van der Waals surface area contributed by atoms with Crippen LogP contribution in [0.4, 0.5) is 10.1 Å². The Balaban J connectivity index is 1.94. The van der Waals surface area contributed by atoms with Gasteiger partial charge in [0.1, 0.15) is 10.7 Å². The Labute approximate surface area is 123 Å². The lowest BCUT2D eigenvalue weighted by Gasteiger charge is -2.09. The minimum atomic E-state index is -3.78. The second kappa shape index (κ2) is 6.69. The molecule has 21 heavy (non-hydrogen) atoms. The van der Waals surface area contributed by atoms with Crippen LogP contribution in [-0.4, -0.2) is 15.0 Å². The lowest BCUT2D eigenvalue weighted by Crippen LogP contribution is -2.26. The van der Waals surface area contributed by atoms with Gasteiger partial charge in [0.05, 0.1) is 5.69 Å². The summed E-state index contributed by atoms with van der Waals surface area (Å²) in [6, 6.07) is 13.5. The van der Waals surface area contributed by atoms with Crippen molar-refractivity contribution in [1.82, 2.24) is 4.72 Å². The lowest BCUT2D eigenvalue weighted by atomic mass is 10.1. The molecule has 0 amide bonds. The van der Waals surface area contributed by atoms with E-state index in [9.17, 15) is 12.8 Å². The maximum Gasteiger partial charge on any atom is 0.242 e. The van der Waals surface area contributed by atoms with Gasteiger partial charge in [0.15, 0.2) is 0 Å². The first-order chi connectivity index (χ1) is 10.0. The minimum Gasteiger partial charge on any atom is -0.395 e. The maximum atomic E-state index is 13.3. The molecule has 0 radical (unpaired) electrons. The zero-order chi connectivity index (χ0) is 15.3. The molecule has 0 spiro atoms. The Bertz CT molecular complexity index is 703. The Hall–Kier alpha value is -1.92. The third-order valence-corrected chi connectivity index (χ3v) is 4.60. The number of hydrogen-bond acceptors (Lipinski definition) is 3. The van der Waals surface area contributed by atoms with Crippen LogP contribution in [0.1, 0.15) is 12.0 Å². The zero-order valence-corrected chi connectivity index (χ0v) is 12.2. The van der Waals surface area contributed by atoms with Crippen LogP contribution in [0.15, 0.2) is 53.4 Å². The van der Waals surface area contributed by atoms with Gasteiger partial charge in [-0.25, -0.2) is 17.5 Å². The van der Waals surface area contributed by atoms with Gasteiger partial charge in [-0.3, -0.25) is 0 Å². The van der Waals surface area contributed by atoms with Crippen molar-refractivity contribution in [3.05, 3.63) is 59.9 Å². The third kappa shape index (κ3) is 4.03. The third-order valence-electron chi connectivity index (χ3n) is 3.08. The summed E-state index contributed by atoms with van der Waals surface area (Å²) in [6.07, 6.45) is 1.42. The fraction of sp³-hybridized carbons (Fsp3) is 0.200. The van der Waals surface area contributed by atoms with Crippen molar-refractivity contribution in [1.29, 1.82) is 0 Å². The lowest BCUT2D eigenvalue weighted by molar-refractivity contribution is 0.576. The molecule has 0 aliphatic rings. The monoisotopic (exact) mass is 308 g/mol. The Morgan fingerprint density at radius 3 is 2.48 bits per heavy atom. The molecule has 0 fully saturated rings. The van der Waals surface area contributed by atoms with E-state index in [0.717, 1.165) is 18.1 Å². The topological polar surface area (TPSA) is 72.2 Å². The number of anilines is 1. The molecule has 0 unspecified atom stereocenters. The SMILES string of the molecule is Nc1c(F)cccc1S(=O)(=O)NCCCc1ccccc1. The van der Waals surface area contributed by atoms with Gasteiger partial charge in [0.2, 0.25) is 10.0 Å². The van der Waals surface area contributed by atoms with Gasteiger partial charge in [0.25, 0.3) is 0 Å². The van der Waals surface area contributed by atoms with Crippen LogP contribution in [0.25, 0.3) is 0 Å². The second-order valence-corrected chi connectivity index (χ2v) is 6.37. The summed E-state index contributed by atoms with van der Waals surface area (Å²) in [7, 11) is -3.78. The molecular weight excluding hydrogens is 291 g/mol. The number of hydrogen-bond donors (Lipinski definition) is 2. The van der Waals surface area contributed by atoms with E-state index in [1.165, 1.54) is 12.1 Å². The fourth-order valence-electron chi connectivity index (χ4n) is 1.97. The predicted octanol–water partition coefficient (Wildman–Crippen LogP) is 2.32. The normalized spacial score (nSPS) is 11.5. The van der Waals surface area contributed by atoms with E-state index in [-0.39, 0.29) is 17.1 Å². The van der Waals surface area contributed by atoms with Crippen LogP contribution >= 0.6 is 0 Å². The van der Waals surface area contributed by atoms with Crippen molar-refractivity contribution in [2.24, 2.45) is 0 Å². The Morgan fingerprint density at radius 1 is 1.05 bits per heavy atom. The highest BCUT2D eigenvalue weighted by Crippen LogP contribution is 2.20. The zero-order valence-electron chi connectivity index (χ0n) is 11.4. The van der Waals surface area contributed by atoms with Crippen molar-refractivity contribution in [2.75, 3.05) is 12.3 Å². The number of nitrogens with one attached hydrogen (secondary N) is 1. The molecule has 6 heteroatoms. The quantitative estimate of drug-likeness (QED) is 0.635. The van der Waals surface area contributed by atoms with Gasteiger partial charge in [-0.05, 0) is 30.5 Å². The van der Waals surface area contributed by atoms with Gasteiger partial charge in [-0.2, -0.15) is 0 Å². The second-order valence-electron chi connectivity index (χ2n) is 4.64. The molecule has 0 aliphatic carbocycles. The number of para-hydroxylation sites is 1. The molecule has 2 rings (SSSR count). The highest BCUT2D eigenvalue weighted by Gasteiger charge is 2.18. The Kier molecular flexibility index (Phi) is 4.93. The maximum absolute atomic E-state index is 13.3. The molecule has 0 aromatic heterocycles. The highest BCUT2D eigenvalue weighted by atomic mass is 32.2. The number of halogens is 1. The van der Waals surface area contributed by atoms with Crippen LogP contribution < -0.4 is 10.5 Å². The number of nitrogens with two attached hydrogens (primary N) is 1. The van der Waals surface area contributed by atoms with E-state index < -0.39 is 15.8 Å². The Morgan fingerprint density at radius 2 is 1.76 bits per heavy atom. The van der Waals surface area contributed by atoms with E-state index in [0.29, 0.717) is 6.42 Å². The first-order valence-electron chi connectivity index (χ1n) is 6.58. The van der Waals surface area contributed by atoms with Crippen molar-refractivity contribution < 1.29 is 12.8 Å². The molecule has 112 valence electrons. The smallest absolute Gasteiger partial charge is 0.242 e. The number of rotatable bonds is 6. The molecule has 0 saturated carbocycles. The average molecular weight is 308 g/mol.